The van der Waals surface area contributed by atoms with Crippen LogP contribution in [0.15, 0.2) is 43.0 Å². The Morgan fingerprint density at radius 3 is 2.89 bits per heavy atom. The molecule has 4 nitrogen and oxygen atoms in total. The molecule has 1 aromatic heterocycles. The first kappa shape index (κ1) is 11.0. The van der Waals surface area contributed by atoms with Crippen molar-refractivity contribution in [2.24, 2.45) is 0 Å². The van der Waals surface area contributed by atoms with Crippen LogP contribution in [0, 0.1) is 0 Å². The molecule has 1 aliphatic heterocycles. The third kappa shape index (κ3) is 1.39. The number of rotatable bonds is 2. The van der Waals surface area contributed by atoms with Crippen LogP contribution in [0.4, 0.5) is 0 Å². The number of nitrogens with zero attached hydrogens (tertiary/aromatic N) is 1. The van der Waals surface area contributed by atoms with Crippen molar-refractivity contribution in [1.82, 2.24) is 15.3 Å². The topological polar surface area (TPSA) is 60.9 Å². The highest BCUT2D eigenvalue weighted by atomic mass is 16.3. The summed E-state index contributed by atoms with van der Waals surface area (Å²) < 4.78 is 0. The second kappa shape index (κ2) is 3.99. The molecule has 3 rings (SSSR count). The van der Waals surface area contributed by atoms with Crippen LogP contribution in [0.3, 0.4) is 0 Å². The van der Waals surface area contributed by atoms with Gasteiger partial charge in [0.05, 0.1) is 24.3 Å². The van der Waals surface area contributed by atoms with Gasteiger partial charge in [0, 0.05) is 0 Å². The Kier molecular flexibility index (Phi) is 2.45. The van der Waals surface area contributed by atoms with Crippen molar-refractivity contribution in [2.75, 3.05) is 0 Å². The third-order valence-corrected chi connectivity index (χ3v) is 3.51. The highest BCUT2D eigenvalue weighted by molar-refractivity contribution is 5.61. The molecule has 2 aromatic rings. The molecule has 0 bridgehead atoms. The van der Waals surface area contributed by atoms with E-state index < -0.39 is 11.6 Å². The van der Waals surface area contributed by atoms with Gasteiger partial charge in [0.25, 0.3) is 0 Å². The average Bonchev–Trinajstić information content (AvgIpc) is 2.92. The number of imidazole rings is 1. The lowest BCUT2D eigenvalue weighted by Crippen LogP contribution is -2.51. The number of benzene rings is 1. The minimum Gasteiger partial charge on any atom is -0.390 e. The number of hydrogen-bond donors (Lipinski definition) is 3. The van der Waals surface area contributed by atoms with Gasteiger partial charge in [-0.1, -0.05) is 24.3 Å². The monoisotopic (exact) mass is 241 g/mol. The third-order valence-electron chi connectivity index (χ3n) is 3.51. The number of aliphatic hydroxyl groups excluding tert-OH is 1. The fourth-order valence-corrected chi connectivity index (χ4v) is 2.61. The number of aliphatic hydroxyl groups is 1. The van der Waals surface area contributed by atoms with Gasteiger partial charge in [-0.15, -0.1) is 0 Å². The van der Waals surface area contributed by atoms with E-state index in [-0.39, 0.29) is 0 Å². The van der Waals surface area contributed by atoms with Crippen molar-refractivity contribution in [3.63, 3.8) is 0 Å². The predicted octanol–water partition coefficient (Wildman–Crippen LogP) is 1.61. The van der Waals surface area contributed by atoms with Crippen molar-refractivity contribution in [3.05, 3.63) is 59.8 Å². The van der Waals surface area contributed by atoms with Gasteiger partial charge in [-0.3, -0.25) is 0 Å². The highest BCUT2D eigenvalue weighted by Gasteiger charge is 2.42. The molecule has 0 amide bonds. The standard InChI is InChI=1S/C14H15N3O/c1-10(18)14(13-8-15-9-16-13)12-5-3-2-4-11(12)6-7-17-14/h2-10,17-18H,1H3,(H,15,16). The van der Waals surface area contributed by atoms with E-state index in [0.717, 1.165) is 16.8 Å². The van der Waals surface area contributed by atoms with Crippen molar-refractivity contribution in [1.29, 1.82) is 0 Å². The van der Waals surface area contributed by atoms with Gasteiger partial charge in [0.15, 0.2) is 0 Å². The molecule has 3 N–H and O–H groups in total. The summed E-state index contributed by atoms with van der Waals surface area (Å²) >= 11 is 0. The first-order valence-corrected chi connectivity index (χ1v) is 5.96. The Balaban J connectivity index is 2.27. The van der Waals surface area contributed by atoms with E-state index in [1.165, 1.54) is 0 Å². The lowest BCUT2D eigenvalue weighted by molar-refractivity contribution is 0.104. The Morgan fingerprint density at radius 1 is 1.33 bits per heavy atom. The van der Waals surface area contributed by atoms with Gasteiger partial charge in [-0.05, 0) is 30.3 Å². The second-order valence-electron chi connectivity index (χ2n) is 4.51. The van der Waals surface area contributed by atoms with Crippen molar-refractivity contribution in [3.8, 4) is 0 Å². The fourth-order valence-electron chi connectivity index (χ4n) is 2.61. The fraction of sp³-hybridized carbons (Fsp3) is 0.214. The maximum Gasteiger partial charge on any atom is 0.131 e. The summed E-state index contributed by atoms with van der Waals surface area (Å²) in [4.78, 5) is 7.17. The van der Waals surface area contributed by atoms with Crippen LogP contribution >= 0.6 is 0 Å². The number of aromatic nitrogens is 2. The molecule has 1 aliphatic rings. The quantitative estimate of drug-likeness (QED) is 0.748. The Labute approximate surface area is 105 Å². The van der Waals surface area contributed by atoms with E-state index in [0.29, 0.717) is 0 Å². The molecular formula is C14H15N3O. The number of H-pyrrole nitrogens is 1. The molecule has 0 saturated carbocycles. The molecule has 18 heavy (non-hydrogen) atoms. The average molecular weight is 241 g/mol. The smallest absolute Gasteiger partial charge is 0.131 e. The lowest BCUT2D eigenvalue weighted by atomic mass is 9.78. The number of nitrogens with one attached hydrogen (secondary N) is 2. The van der Waals surface area contributed by atoms with Gasteiger partial charge in [-0.25, -0.2) is 4.98 Å². The van der Waals surface area contributed by atoms with Crippen molar-refractivity contribution >= 4 is 6.08 Å². The largest absolute Gasteiger partial charge is 0.390 e. The van der Waals surface area contributed by atoms with Crippen LogP contribution in [0.1, 0.15) is 23.7 Å². The maximum absolute atomic E-state index is 10.3. The minimum absolute atomic E-state index is 0.593. The van der Waals surface area contributed by atoms with Crippen LogP contribution in [0.25, 0.3) is 6.08 Å². The summed E-state index contributed by atoms with van der Waals surface area (Å²) in [5, 5.41) is 13.6. The summed E-state index contributed by atoms with van der Waals surface area (Å²) in [6.45, 7) is 1.78. The molecule has 0 fully saturated rings. The Morgan fingerprint density at radius 2 is 2.17 bits per heavy atom. The summed E-state index contributed by atoms with van der Waals surface area (Å²) in [6.07, 6.45) is 6.66. The van der Waals surface area contributed by atoms with Crippen molar-refractivity contribution < 1.29 is 5.11 Å². The first-order chi connectivity index (χ1) is 8.75. The van der Waals surface area contributed by atoms with Gasteiger partial charge >= 0.3 is 0 Å². The minimum atomic E-state index is -0.665. The van der Waals surface area contributed by atoms with Crippen LogP contribution in [-0.2, 0) is 5.54 Å². The van der Waals surface area contributed by atoms with E-state index in [4.69, 9.17) is 0 Å². The van der Waals surface area contributed by atoms with E-state index in [2.05, 4.69) is 15.3 Å². The normalized spacial score (nSPS) is 23.2. The van der Waals surface area contributed by atoms with E-state index >= 15 is 0 Å². The van der Waals surface area contributed by atoms with Crippen molar-refractivity contribution in [2.45, 2.75) is 18.6 Å². The Hall–Kier alpha value is -2.07. The van der Waals surface area contributed by atoms with Crippen LogP contribution in [-0.4, -0.2) is 21.2 Å². The molecule has 0 radical (unpaired) electrons. The van der Waals surface area contributed by atoms with E-state index in [9.17, 15) is 5.11 Å². The number of hydrogen-bond acceptors (Lipinski definition) is 3. The van der Waals surface area contributed by atoms with Gasteiger partial charge < -0.3 is 15.4 Å². The summed E-state index contributed by atoms with van der Waals surface area (Å²) in [5.41, 5.74) is 2.34. The maximum atomic E-state index is 10.3. The molecular weight excluding hydrogens is 226 g/mol. The highest BCUT2D eigenvalue weighted by Crippen LogP contribution is 2.36. The van der Waals surface area contributed by atoms with E-state index in [1.54, 1.807) is 19.4 Å². The molecule has 92 valence electrons. The lowest BCUT2D eigenvalue weighted by Gasteiger charge is -2.39. The molecule has 2 atom stereocenters. The molecule has 4 heteroatoms. The molecule has 0 aliphatic carbocycles. The predicted molar refractivity (Wildman–Crippen MR) is 69.7 cm³/mol. The van der Waals surface area contributed by atoms with Crippen LogP contribution < -0.4 is 5.32 Å². The summed E-state index contributed by atoms with van der Waals surface area (Å²) in [7, 11) is 0. The SMILES string of the molecule is CC(O)C1(c2cnc[nH]2)NC=Cc2ccccc21. The van der Waals surface area contributed by atoms with E-state index in [1.807, 2.05) is 36.5 Å². The summed E-state index contributed by atoms with van der Waals surface area (Å²) in [6, 6.07) is 8.04. The van der Waals surface area contributed by atoms with Gasteiger partial charge in [-0.2, -0.15) is 0 Å². The van der Waals surface area contributed by atoms with Crippen LogP contribution in [0.2, 0.25) is 0 Å². The zero-order valence-electron chi connectivity index (χ0n) is 10.1. The van der Waals surface area contributed by atoms with Gasteiger partial charge in [0.2, 0.25) is 0 Å². The molecule has 2 heterocycles. The Bertz CT molecular complexity index is 574. The molecule has 0 saturated heterocycles. The zero-order chi connectivity index (χ0) is 12.6. The van der Waals surface area contributed by atoms with Crippen LogP contribution in [0.5, 0.6) is 0 Å². The molecule has 1 aromatic carbocycles. The summed E-state index contributed by atoms with van der Waals surface area (Å²) in [5.74, 6) is 0. The molecule has 2 unspecified atom stereocenters. The first-order valence-electron chi connectivity index (χ1n) is 5.96. The van der Waals surface area contributed by atoms with Gasteiger partial charge in [0.1, 0.15) is 5.54 Å². The number of aromatic amines is 1. The second-order valence-corrected chi connectivity index (χ2v) is 4.51. The molecule has 0 spiro atoms. The zero-order valence-corrected chi connectivity index (χ0v) is 10.1. The number of fused-ring (bicyclic) bond motifs is 1.